The van der Waals surface area contributed by atoms with Crippen LogP contribution in [0.1, 0.15) is 0 Å². The second-order valence-electron chi connectivity index (χ2n) is 4.27. The minimum Gasteiger partial charge on any atom is -0.493 e. The summed E-state index contributed by atoms with van der Waals surface area (Å²) in [6, 6.07) is 7.76. The number of ether oxygens (including phenoxy) is 2. The average molecular weight is 299 g/mol. The molecule has 0 radical (unpaired) electrons. The van der Waals surface area contributed by atoms with Crippen LogP contribution in [-0.2, 0) is 0 Å². The van der Waals surface area contributed by atoms with Crippen LogP contribution >= 0.6 is 23.5 Å². The Morgan fingerprint density at radius 2 is 2.11 bits per heavy atom. The topological polar surface area (TPSA) is 30.5 Å². The van der Waals surface area contributed by atoms with E-state index in [1.54, 1.807) is 7.11 Å². The molecule has 1 aliphatic heterocycles. The highest BCUT2D eigenvalue weighted by Crippen LogP contribution is 2.25. The van der Waals surface area contributed by atoms with E-state index in [-0.39, 0.29) is 0 Å². The third kappa shape index (κ3) is 5.16. The lowest BCUT2D eigenvalue weighted by molar-refractivity contribution is 0.293. The van der Waals surface area contributed by atoms with Crippen LogP contribution < -0.4 is 14.8 Å². The standard InChI is InChI=1S/C14H21NO2S2/c1-16-13-4-2-3-5-14(13)17-7-6-15-10-12-11-18-8-9-19-12/h2-5,12,15H,6-11H2,1H3. The molecule has 1 heterocycles. The molecular weight excluding hydrogens is 278 g/mol. The lowest BCUT2D eigenvalue weighted by Gasteiger charge is -2.21. The first-order chi connectivity index (χ1) is 9.40. The van der Waals surface area contributed by atoms with E-state index >= 15 is 0 Å². The quantitative estimate of drug-likeness (QED) is 0.782. The van der Waals surface area contributed by atoms with E-state index in [4.69, 9.17) is 9.47 Å². The van der Waals surface area contributed by atoms with Crippen molar-refractivity contribution in [2.24, 2.45) is 0 Å². The maximum absolute atomic E-state index is 5.72. The molecule has 19 heavy (non-hydrogen) atoms. The highest BCUT2D eigenvalue weighted by Gasteiger charge is 2.13. The van der Waals surface area contributed by atoms with Gasteiger partial charge < -0.3 is 14.8 Å². The molecule has 2 rings (SSSR count). The molecule has 1 atom stereocenters. The van der Waals surface area contributed by atoms with Crippen molar-refractivity contribution < 1.29 is 9.47 Å². The second-order valence-corrected chi connectivity index (χ2v) is 6.83. The van der Waals surface area contributed by atoms with Crippen molar-refractivity contribution in [1.29, 1.82) is 0 Å². The molecule has 1 aromatic rings. The van der Waals surface area contributed by atoms with E-state index < -0.39 is 0 Å². The first-order valence-electron chi connectivity index (χ1n) is 6.56. The number of nitrogens with one attached hydrogen (secondary N) is 1. The van der Waals surface area contributed by atoms with Gasteiger partial charge in [0.1, 0.15) is 6.61 Å². The van der Waals surface area contributed by atoms with Crippen LogP contribution in [0.25, 0.3) is 0 Å². The normalized spacial score (nSPS) is 19.1. The predicted octanol–water partition coefficient (Wildman–Crippen LogP) is 2.51. The van der Waals surface area contributed by atoms with E-state index in [0.29, 0.717) is 6.61 Å². The van der Waals surface area contributed by atoms with Crippen LogP contribution in [0.15, 0.2) is 24.3 Å². The number of hydrogen-bond donors (Lipinski definition) is 1. The summed E-state index contributed by atoms with van der Waals surface area (Å²) < 4.78 is 11.0. The van der Waals surface area contributed by atoms with E-state index in [1.165, 1.54) is 17.3 Å². The van der Waals surface area contributed by atoms with Gasteiger partial charge in [0.2, 0.25) is 0 Å². The molecule has 3 nitrogen and oxygen atoms in total. The molecule has 0 aromatic heterocycles. The summed E-state index contributed by atoms with van der Waals surface area (Å²) in [6.07, 6.45) is 0. The molecule has 1 aromatic carbocycles. The molecular formula is C14H21NO2S2. The molecule has 0 amide bonds. The number of hydrogen-bond acceptors (Lipinski definition) is 5. The van der Waals surface area contributed by atoms with Crippen molar-refractivity contribution in [2.45, 2.75) is 5.25 Å². The predicted molar refractivity (Wildman–Crippen MR) is 84.9 cm³/mol. The first kappa shape index (κ1) is 14.9. The van der Waals surface area contributed by atoms with E-state index in [9.17, 15) is 0 Å². The lowest BCUT2D eigenvalue weighted by atomic mass is 10.3. The van der Waals surface area contributed by atoms with Crippen molar-refractivity contribution >= 4 is 23.5 Å². The molecule has 106 valence electrons. The Bertz CT molecular complexity index is 370. The molecule has 1 N–H and O–H groups in total. The fourth-order valence-electron chi connectivity index (χ4n) is 1.89. The van der Waals surface area contributed by atoms with Crippen LogP contribution in [0.5, 0.6) is 11.5 Å². The largest absolute Gasteiger partial charge is 0.493 e. The van der Waals surface area contributed by atoms with Crippen LogP contribution in [-0.4, -0.2) is 49.3 Å². The van der Waals surface area contributed by atoms with Crippen LogP contribution in [0, 0.1) is 0 Å². The van der Waals surface area contributed by atoms with Crippen molar-refractivity contribution in [3.8, 4) is 11.5 Å². The fourth-order valence-corrected chi connectivity index (χ4v) is 4.54. The third-order valence-corrected chi connectivity index (χ3v) is 5.71. The maximum atomic E-state index is 5.72. The van der Waals surface area contributed by atoms with E-state index in [2.05, 4.69) is 28.8 Å². The van der Waals surface area contributed by atoms with Gasteiger partial charge in [0.25, 0.3) is 0 Å². The summed E-state index contributed by atoms with van der Waals surface area (Å²) >= 11 is 4.14. The molecule has 1 saturated heterocycles. The zero-order valence-corrected chi connectivity index (χ0v) is 12.9. The average Bonchev–Trinajstić information content (AvgIpc) is 2.48. The lowest BCUT2D eigenvalue weighted by Crippen LogP contribution is -2.31. The minimum absolute atomic E-state index is 0.672. The van der Waals surface area contributed by atoms with Crippen molar-refractivity contribution in [3.05, 3.63) is 24.3 Å². The van der Waals surface area contributed by atoms with Crippen LogP contribution in [0.4, 0.5) is 0 Å². The summed E-state index contributed by atoms with van der Waals surface area (Å²) in [5, 5.41) is 4.22. The summed E-state index contributed by atoms with van der Waals surface area (Å²) in [7, 11) is 1.67. The molecule has 5 heteroatoms. The summed E-state index contributed by atoms with van der Waals surface area (Å²) in [5.41, 5.74) is 0. The molecule has 0 aliphatic carbocycles. The number of benzene rings is 1. The first-order valence-corrected chi connectivity index (χ1v) is 8.76. The summed E-state index contributed by atoms with van der Waals surface area (Å²) in [6.45, 7) is 2.62. The Hall–Kier alpha value is -0.520. The minimum atomic E-state index is 0.672. The SMILES string of the molecule is COc1ccccc1OCCNCC1CSCCS1. The van der Waals surface area contributed by atoms with Gasteiger partial charge >= 0.3 is 0 Å². The molecule has 0 bridgehead atoms. The Morgan fingerprint density at radius 1 is 1.26 bits per heavy atom. The van der Waals surface area contributed by atoms with Gasteiger partial charge in [-0.05, 0) is 12.1 Å². The van der Waals surface area contributed by atoms with Gasteiger partial charge in [-0.3, -0.25) is 0 Å². The van der Waals surface area contributed by atoms with Gasteiger partial charge in [-0.15, -0.1) is 0 Å². The molecule has 0 spiro atoms. The molecule has 1 aliphatic rings. The maximum Gasteiger partial charge on any atom is 0.161 e. The van der Waals surface area contributed by atoms with Gasteiger partial charge in [-0.25, -0.2) is 0 Å². The van der Waals surface area contributed by atoms with Gasteiger partial charge in [-0.2, -0.15) is 23.5 Å². The number of methoxy groups -OCH3 is 1. The van der Waals surface area contributed by atoms with Crippen molar-refractivity contribution in [1.82, 2.24) is 5.32 Å². The Labute approximate surface area is 123 Å². The van der Waals surface area contributed by atoms with Crippen LogP contribution in [0.3, 0.4) is 0 Å². The molecule has 1 fully saturated rings. The van der Waals surface area contributed by atoms with Gasteiger partial charge in [0, 0.05) is 35.6 Å². The van der Waals surface area contributed by atoms with Crippen LogP contribution in [0.2, 0.25) is 0 Å². The third-order valence-electron chi connectivity index (χ3n) is 2.86. The second kappa shape index (κ2) is 8.61. The molecule has 0 saturated carbocycles. The van der Waals surface area contributed by atoms with E-state index in [0.717, 1.165) is 29.8 Å². The molecule has 1 unspecified atom stereocenters. The Balaban J connectivity index is 1.61. The fraction of sp³-hybridized carbons (Fsp3) is 0.571. The Morgan fingerprint density at radius 3 is 2.84 bits per heavy atom. The summed E-state index contributed by atoms with van der Waals surface area (Å²) in [4.78, 5) is 0. The zero-order valence-electron chi connectivity index (χ0n) is 11.3. The highest BCUT2D eigenvalue weighted by atomic mass is 32.2. The number of thioether (sulfide) groups is 2. The van der Waals surface area contributed by atoms with Gasteiger partial charge in [0.05, 0.1) is 7.11 Å². The van der Waals surface area contributed by atoms with Crippen molar-refractivity contribution in [2.75, 3.05) is 44.1 Å². The summed E-state index contributed by atoms with van der Waals surface area (Å²) in [5.74, 6) is 5.47. The Kier molecular flexibility index (Phi) is 6.74. The van der Waals surface area contributed by atoms with Gasteiger partial charge in [-0.1, -0.05) is 12.1 Å². The van der Waals surface area contributed by atoms with Crippen molar-refractivity contribution in [3.63, 3.8) is 0 Å². The number of para-hydroxylation sites is 2. The smallest absolute Gasteiger partial charge is 0.161 e. The number of rotatable bonds is 7. The monoisotopic (exact) mass is 299 g/mol. The van der Waals surface area contributed by atoms with E-state index in [1.807, 2.05) is 24.3 Å². The highest BCUT2D eigenvalue weighted by molar-refractivity contribution is 8.06. The zero-order chi connectivity index (χ0) is 13.3. The van der Waals surface area contributed by atoms with Gasteiger partial charge in [0.15, 0.2) is 11.5 Å².